The molecule has 0 atom stereocenters. The molecule has 2 aromatic rings. The lowest BCUT2D eigenvalue weighted by atomic mass is 9.98. The van der Waals surface area contributed by atoms with Crippen LogP contribution in [0.5, 0.6) is 0 Å². The average Bonchev–Trinajstić information content (AvgIpc) is 2.47. The standard InChI is InChI=1S/C14H13N3O2S/c18-20(19,17-14-10-15-7-8-16-14)13-6-5-11-3-1-2-4-12(11)9-13/h1-4,7-10H,5-6H2,(H,16,17). The van der Waals surface area contributed by atoms with Crippen LogP contribution in [-0.2, 0) is 16.4 Å². The number of hydrogen-bond donors (Lipinski definition) is 1. The lowest BCUT2D eigenvalue weighted by Crippen LogP contribution is -2.18. The minimum atomic E-state index is -3.57. The van der Waals surface area contributed by atoms with Crippen LogP contribution in [0.25, 0.3) is 6.08 Å². The van der Waals surface area contributed by atoms with E-state index in [9.17, 15) is 8.42 Å². The normalized spacial score (nSPS) is 14.3. The summed E-state index contributed by atoms with van der Waals surface area (Å²) in [7, 11) is -3.57. The summed E-state index contributed by atoms with van der Waals surface area (Å²) in [5.74, 6) is 0.229. The highest BCUT2D eigenvalue weighted by Gasteiger charge is 2.22. The second kappa shape index (κ2) is 5.05. The Morgan fingerprint density at radius 2 is 1.95 bits per heavy atom. The third-order valence-corrected chi connectivity index (χ3v) is 4.65. The van der Waals surface area contributed by atoms with Gasteiger partial charge in [0.15, 0.2) is 5.82 Å². The smallest absolute Gasteiger partial charge is 0.259 e. The summed E-state index contributed by atoms with van der Waals surface area (Å²) in [4.78, 5) is 8.14. The van der Waals surface area contributed by atoms with Gasteiger partial charge in [0.25, 0.3) is 10.0 Å². The number of nitrogens with one attached hydrogen (secondary N) is 1. The molecule has 6 heteroatoms. The van der Waals surface area contributed by atoms with Crippen molar-refractivity contribution in [3.63, 3.8) is 0 Å². The van der Waals surface area contributed by atoms with Gasteiger partial charge < -0.3 is 0 Å². The van der Waals surface area contributed by atoms with E-state index < -0.39 is 10.0 Å². The van der Waals surface area contributed by atoms with E-state index in [4.69, 9.17) is 0 Å². The number of anilines is 1. The summed E-state index contributed by atoms with van der Waals surface area (Å²) in [5, 5.41) is 0. The van der Waals surface area contributed by atoms with E-state index >= 15 is 0 Å². The number of benzene rings is 1. The molecule has 0 unspecified atom stereocenters. The predicted molar refractivity (Wildman–Crippen MR) is 77.3 cm³/mol. The van der Waals surface area contributed by atoms with Gasteiger partial charge in [-0.3, -0.25) is 9.71 Å². The fraction of sp³-hybridized carbons (Fsp3) is 0.143. The van der Waals surface area contributed by atoms with Crippen molar-refractivity contribution >= 4 is 21.9 Å². The van der Waals surface area contributed by atoms with Crippen molar-refractivity contribution in [2.24, 2.45) is 0 Å². The van der Waals surface area contributed by atoms with Crippen LogP contribution in [0, 0.1) is 0 Å². The molecule has 1 heterocycles. The molecular formula is C14H13N3O2S. The number of sulfonamides is 1. The molecule has 1 N–H and O–H groups in total. The van der Waals surface area contributed by atoms with Crippen LogP contribution in [0.3, 0.4) is 0 Å². The van der Waals surface area contributed by atoms with Crippen molar-refractivity contribution in [1.29, 1.82) is 0 Å². The average molecular weight is 287 g/mol. The molecule has 1 aliphatic carbocycles. The van der Waals surface area contributed by atoms with Gasteiger partial charge in [-0.1, -0.05) is 24.3 Å². The molecule has 0 amide bonds. The Balaban J connectivity index is 1.92. The number of aromatic nitrogens is 2. The van der Waals surface area contributed by atoms with Gasteiger partial charge in [-0.15, -0.1) is 0 Å². The molecule has 0 saturated carbocycles. The van der Waals surface area contributed by atoms with E-state index in [-0.39, 0.29) is 5.82 Å². The van der Waals surface area contributed by atoms with E-state index in [1.54, 1.807) is 6.08 Å². The van der Waals surface area contributed by atoms with E-state index in [2.05, 4.69) is 14.7 Å². The van der Waals surface area contributed by atoms with Crippen molar-refractivity contribution in [1.82, 2.24) is 9.97 Å². The minimum absolute atomic E-state index is 0.229. The summed E-state index contributed by atoms with van der Waals surface area (Å²) >= 11 is 0. The van der Waals surface area contributed by atoms with Gasteiger partial charge in [0, 0.05) is 12.4 Å². The zero-order valence-electron chi connectivity index (χ0n) is 10.7. The van der Waals surface area contributed by atoms with Crippen molar-refractivity contribution in [3.05, 3.63) is 58.9 Å². The van der Waals surface area contributed by atoms with E-state index in [0.717, 1.165) is 12.0 Å². The van der Waals surface area contributed by atoms with Gasteiger partial charge in [-0.05, 0) is 30.0 Å². The second-order valence-electron chi connectivity index (χ2n) is 4.51. The molecule has 20 heavy (non-hydrogen) atoms. The number of fused-ring (bicyclic) bond motifs is 1. The Labute approximate surface area is 117 Å². The Kier molecular flexibility index (Phi) is 3.23. The molecular weight excluding hydrogens is 274 g/mol. The molecule has 102 valence electrons. The van der Waals surface area contributed by atoms with Crippen LogP contribution < -0.4 is 4.72 Å². The summed E-state index contributed by atoms with van der Waals surface area (Å²) in [6, 6.07) is 7.81. The third-order valence-electron chi connectivity index (χ3n) is 3.16. The maximum atomic E-state index is 12.3. The summed E-state index contributed by atoms with van der Waals surface area (Å²) in [6.45, 7) is 0. The highest BCUT2D eigenvalue weighted by Crippen LogP contribution is 2.27. The first-order valence-corrected chi connectivity index (χ1v) is 7.71. The third kappa shape index (κ3) is 2.55. The van der Waals surface area contributed by atoms with E-state index in [1.807, 2.05) is 24.3 Å². The number of allylic oxidation sites excluding steroid dienone is 1. The number of nitrogens with zero attached hydrogens (tertiary/aromatic N) is 2. The van der Waals surface area contributed by atoms with Gasteiger partial charge in [-0.25, -0.2) is 13.4 Å². The molecule has 3 rings (SSSR count). The van der Waals surface area contributed by atoms with Crippen LogP contribution in [0.15, 0.2) is 47.8 Å². The maximum Gasteiger partial charge on any atom is 0.259 e. The van der Waals surface area contributed by atoms with Gasteiger partial charge in [0.1, 0.15) is 0 Å². The van der Waals surface area contributed by atoms with Gasteiger partial charge in [0.2, 0.25) is 0 Å². The maximum absolute atomic E-state index is 12.3. The number of hydrogen-bond acceptors (Lipinski definition) is 4. The highest BCUT2D eigenvalue weighted by atomic mass is 32.2. The van der Waals surface area contributed by atoms with E-state index in [1.165, 1.54) is 24.2 Å². The second-order valence-corrected chi connectivity index (χ2v) is 6.24. The topological polar surface area (TPSA) is 72.0 Å². The summed E-state index contributed by atoms with van der Waals surface area (Å²) < 4.78 is 27.1. The Morgan fingerprint density at radius 3 is 2.75 bits per heavy atom. The lowest BCUT2D eigenvalue weighted by Gasteiger charge is -2.17. The monoisotopic (exact) mass is 287 g/mol. The Hall–Kier alpha value is -2.21. The first-order chi connectivity index (χ1) is 9.65. The zero-order valence-corrected chi connectivity index (χ0v) is 11.5. The van der Waals surface area contributed by atoms with Crippen LogP contribution >= 0.6 is 0 Å². The molecule has 1 aliphatic rings. The summed E-state index contributed by atoms with van der Waals surface area (Å²) in [5.41, 5.74) is 2.13. The first kappa shape index (κ1) is 12.8. The molecule has 1 aromatic heterocycles. The fourth-order valence-corrected chi connectivity index (χ4v) is 3.34. The predicted octanol–water partition coefficient (Wildman–Crippen LogP) is 2.21. The molecule has 0 spiro atoms. The van der Waals surface area contributed by atoms with Crippen LogP contribution in [0.1, 0.15) is 17.5 Å². The van der Waals surface area contributed by atoms with Gasteiger partial charge in [-0.2, -0.15) is 0 Å². The van der Waals surface area contributed by atoms with Crippen LogP contribution in [0.4, 0.5) is 5.82 Å². The lowest BCUT2D eigenvalue weighted by molar-refractivity contribution is 0.604. The highest BCUT2D eigenvalue weighted by molar-refractivity contribution is 7.96. The molecule has 0 saturated heterocycles. The van der Waals surface area contributed by atoms with Gasteiger partial charge >= 0.3 is 0 Å². The molecule has 1 aromatic carbocycles. The molecule has 0 aliphatic heterocycles. The fourth-order valence-electron chi connectivity index (χ4n) is 2.17. The Morgan fingerprint density at radius 1 is 1.10 bits per heavy atom. The van der Waals surface area contributed by atoms with Crippen molar-refractivity contribution in [3.8, 4) is 0 Å². The molecule has 0 fully saturated rings. The quantitative estimate of drug-likeness (QED) is 0.939. The van der Waals surface area contributed by atoms with Crippen LogP contribution in [0.2, 0.25) is 0 Å². The molecule has 0 radical (unpaired) electrons. The van der Waals surface area contributed by atoms with Crippen molar-refractivity contribution in [2.75, 3.05) is 4.72 Å². The first-order valence-electron chi connectivity index (χ1n) is 6.22. The molecule has 5 nitrogen and oxygen atoms in total. The van der Waals surface area contributed by atoms with Crippen LogP contribution in [-0.4, -0.2) is 18.4 Å². The minimum Gasteiger partial charge on any atom is -0.262 e. The SMILES string of the molecule is O=S(=O)(Nc1cnccn1)C1=Cc2ccccc2CC1. The Bertz CT molecular complexity index is 755. The van der Waals surface area contributed by atoms with Gasteiger partial charge in [0.05, 0.1) is 11.1 Å². The van der Waals surface area contributed by atoms with Crippen molar-refractivity contribution in [2.45, 2.75) is 12.8 Å². The number of aryl methyl sites for hydroxylation is 1. The number of rotatable bonds is 3. The van der Waals surface area contributed by atoms with Crippen molar-refractivity contribution < 1.29 is 8.42 Å². The summed E-state index contributed by atoms with van der Waals surface area (Å²) in [6.07, 6.45) is 7.26. The zero-order chi connectivity index (χ0) is 14.0. The van der Waals surface area contributed by atoms with E-state index in [0.29, 0.717) is 11.3 Å². The molecule has 0 bridgehead atoms. The largest absolute Gasteiger partial charge is 0.262 e.